The highest BCUT2D eigenvalue weighted by Gasteiger charge is 2.18. The summed E-state index contributed by atoms with van der Waals surface area (Å²) in [6.45, 7) is 3.68. The molecule has 0 bridgehead atoms. The lowest BCUT2D eigenvalue weighted by atomic mass is 10.1. The molecule has 2 aromatic rings. The minimum atomic E-state index is 0.0493. The number of hydrazone groups is 1. The normalized spacial score (nSPS) is 14.4. The summed E-state index contributed by atoms with van der Waals surface area (Å²) < 4.78 is 5.60. The van der Waals surface area contributed by atoms with E-state index in [9.17, 15) is 4.79 Å². The van der Waals surface area contributed by atoms with Crippen molar-refractivity contribution in [3.63, 3.8) is 0 Å². The van der Waals surface area contributed by atoms with Gasteiger partial charge < -0.3 is 9.64 Å². The Labute approximate surface area is 158 Å². The largest absolute Gasteiger partial charge is 0.484 e. The summed E-state index contributed by atoms with van der Waals surface area (Å²) in [6, 6.07) is 15.0. The molecule has 1 fully saturated rings. The molecule has 0 spiro atoms. The summed E-state index contributed by atoms with van der Waals surface area (Å²) in [7, 11) is 0. The number of nitrogens with zero attached hydrogens (tertiary/aromatic N) is 2. The Morgan fingerprint density at radius 1 is 1.15 bits per heavy atom. The van der Waals surface area contributed by atoms with Gasteiger partial charge in [0.25, 0.3) is 5.91 Å². The molecular weight excluding hydrogens is 350 g/mol. The second-order valence-corrected chi connectivity index (χ2v) is 6.60. The van der Waals surface area contributed by atoms with Gasteiger partial charge in [0.05, 0.1) is 16.4 Å². The summed E-state index contributed by atoms with van der Waals surface area (Å²) in [6.07, 6.45) is 2.17. The SMILES string of the molecule is C/C(=N/Nc1ccccc1Cl)c1ccc(OCC(=O)N2CCCC2)cc1. The van der Waals surface area contributed by atoms with Crippen molar-refractivity contribution in [2.75, 3.05) is 25.1 Å². The average Bonchev–Trinajstić information content (AvgIpc) is 3.20. The molecule has 0 aliphatic carbocycles. The molecule has 1 amide bonds. The van der Waals surface area contributed by atoms with Crippen molar-refractivity contribution in [3.8, 4) is 5.75 Å². The summed E-state index contributed by atoms with van der Waals surface area (Å²) in [4.78, 5) is 13.9. The van der Waals surface area contributed by atoms with E-state index in [1.165, 1.54) is 0 Å². The van der Waals surface area contributed by atoms with E-state index in [1.807, 2.05) is 60.4 Å². The topological polar surface area (TPSA) is 53.9 Å². The molecule has 1 aliphatic heterocycles. The van der Waals surface area contributed by atoms with Gasteiger partial charge in [-0.05, 0) is 61.7 Å². The third-order valence-electron chi connectivity index (χ3n) is 4.31. The van der Waals surface area contributed by atoms with Gasteiger partial charge in [-0.2, -0.15) is 5.10 Å². The fourth-order valence-corrected chi connectivity index (χ4v) is 2.93. The smallest absolute Gasteiger partial charge is 0.260 e. The minimum Gasteiger partial charge on any atom is -0.484 e. The maximum atomic E-state index is 12.0. The molecule has 5 nitrogen and oxygen atoms in total. The highest BCUT2D eigenvalue weighted by molar-refractivity contribution is 6.33. The lowest BCUT2D eigenvalue weighted by Gasteiger charge is -2.15. The van der Waals surface area contributed by atoms with Crippen LogP contribution in [0, 0.1) is 0 Å². The minimum absolute atomic E-state index is 0.0493. The van der Waals surface area contributed by atoms with Crippen LogP contribution in [-0.4, -0.2) is 36.2 Å². The van der Waals surface area contributed by atoms with Crippen LogP contribution in [-0.2, 0) is 4.79 Å². The number of benzene rings is 2. The van der Waals surface area contributed by atoms with Crippen LogP contribution in [0.1, 0.15) is 25.3 Å². The molecule has 3 rings (SSSR count). The number of amides is 1. The molecule has 136 valence electrons. The zero-order valence-electron chi connectivity index (χ0n) is 14.7. The number of hydrogen-bond acceptors (Lipinski definition) is 4. The van der Waals surface area contributed by atoms with Crippen molar-refractivity contribution < 1.29 is 9.53 Å². The first-order valence-corrected chi connectivity index (χ1v) is 9.07. The zero-order valence-corrected chi connectivity index (χ0v) is 15.5. The van der Waals surface area contributed by atoms with Crippen LogP contribution in [0.25, 0.3) is 0 Å². The summed E-state index contributed by atoms with van der Waals surface area (Å²) >= 11 is 6.10. The Kier molecular flexibility index (Phi) is 6.12. The highest BCUT2D eigenvalue weighted by Crippen LogP contribution is 2.20. The zero-order chi connectivity index (χ0) is 18.4. The number of carbonyl (C=O) groups is 1. The first-order chi connectivity index (χ1) is 12.6. The number of carbonyl (C=O) groups excluding carboxylic acids is 1. The lowest BCUT2D eigenvalue weighted by molar-refractivity contribution is -0.132. The van der Waals surface area contributed by atoms with E-state index >= 15 is 0 Å². The predicted octanol–water partition coefficient (Wildman–Crippen LogP) is 4.18. The van der Waals surface area contributed by atoms with Crippen LogP contribution in [0.4, 0.5) is 5.69 Å². The van der Waals surface area contributed by atoms with Gasteiger partial charge in [-0.25, -0.2) is 0 Å². The van der Waals surface area contributed by atoms with E-state index < -0.39 is 0 Å². The van der Waals surface area contributed by atoms with Crippen molar-refractivity contribution in [1.82, 2.24) is 4.90 Å². The molecule has 0 saturated carbocycles. The van der Waals surface area contributed by atoms with E-state index in [1.54, 1.807) is 0 Å². The molecule has 1 heterocycles. The van der Waals surface area contributed by atoms with Gasteiger partial charge in [0.1, 0.15) is 5.75 Å². The van der Waals surface area contributed by atoms with Crippen LogP contribution >= 0.6 is 11.6 Å². The summed E-state index contributed by atoms with van der Waals surface area (Å²) in [5.41, 5.74) is 5.51. The van der Waals surface area contributed by atoms with Crippen molar-refractivity contribution in [2.45, 2.75) is 19.8 Å². The molecule has 0 aromatic heterocycles. The number of halogens is 1. The molecule has 26 heavy (non-hydrogen) atoms. The van der Waals surface area contributed by atoms with Gasteiger partial charge >= 0.3 is 0 Å². The molecule has 6 heteroatoms. The number of ether oxygens (including phenoxy) is 1. The molecule has 0 radical (unpaired) electrons. The molecule has 0 atom stereocenters. The Hall–Kier alpha value is -2.53. The van der Waals surface area contributed by atoms with E-state index in [0.29, 0.717) is 10.8 Å². The van der Waals surface area contributed by atoms with Gasteiger partial charge in [-0.15, -0.1) is 0 Å². The number of para-hydroxylation sites is 1. The van der Waals surface area contributed by atoms with Gasteiger partial charge in [-0.1, -0.05) is 23.7 Å². The third kappa shape index (κ3) is 4.76. The van der Waals surface area contributed by atoms with Gasteiger partial charge in [0.15, 0.2) is 6.61 Å². The van der Waals surface area contributed by atoms with Crippen LogP contribution < -0.4 is 10.2 Å². The maximum absolute atomic E-state index is 12.0. The van der Waals surface area contributed by atoms with Crippen LogP contribution in [0.3, 0.4) is 0 Å². The van der Waals surface area contributed by atoms with Crippen molar-refractivity contribution in [2.24, 2.45) is 5.10 Å². The monoisotopic (exact) mass is 371 g/mol. The first-order valence-electron chi connectivity index (χ1n) is 8.69. The van der Waals surface area contributed by atoms with Crippen LogP contribution in [0.5, 0.6) is 5.75 Å². The van der Waals surface area contributed by atoms with Gasteiger partial charge in [0.2, 0.25) is 0 Å². The Morgan fingerprint density at radius 3 is 2.54 bits per heavy atom. The molecule has 2 aromatic carbocycles. The summed E-state index contributed by atoms with van der Waals surface area (Å²) in [5.74, 6) is 0.724. The molecule has 0 unspecified atom stereocenters. The van der Waals surface area contributed by atoms with Gasteiger partial charge in [-0.3, -0.25) is 10.2 Å². The fourth-order valence-electron chi connectivity index (χ4n) is 2.76. The van der Waals surface area contributed by atoms with E-state index in [0.717, 1.165) is 42.9 Å². The van der Waals surface area contributed by atoms with E-state index in [2.05, 4.69) is 10.5 Å². The van der Waals surface area contributed by atoms with E-state index in [-0.39, 0.29) is 12.5 Å². The fraction of sp³-hybridized carbons (Fsp3) is 0.300. The summed E-state index contributed by atoms with van der Waals surface area (Å²) in [5, 5.41) is 4.98. The van der Waals surface area contributed by atoms with Crippen molar-refractivity contribution in [3.05, 3.63) is 59.1 Å². The van der Waals surface area contributed by atoms with Crippen molar-refractivity contribution >= 4 is 28.9 Å². The predicted molar refractivity (Wildman–Crippen MR) is 105 cm³/mol. The van der Waals surface area contributed by atoms with Crippen molar-refractivity contribution in [1.29, 1.82) is 0 Å². The highest BCUT2D eigenvalue weighted by atomic mass is 35.5. The quantitative estimate of drug-likeness (QED) is 0.612. The molecule has 1 aliphatic rings. The Morgan fingerprint density at radius 2 is 1.85 bits per heavy atom. The number of anilines is 1. The second-order valence-electron chi connectivity index (χ2n) is 6.19. The number of nitrogens with one attached hydrogen (secondary N) is 1. The van der Waals surface area contributed by atoms with E-state index in [4.69, 9.17) is 16.3 Å². The first kappa shape index (κ1) is 18.3. The third-order valence-corrected chi connectivity index (χ3v) is 4.64. The standard InChI is InChI=1S/C20H22ClN3O2/c1-15(22-23-19-7-3-2-6-18(19)21)16-8-10-17(11-9-16)26-14-20(25)24-12-4-5-13-24/h2-3,6-11,23H,4-5,12-14H2,1H3/b22-15-. The lowest BCUT2D eigenvalue weighted by Crippen LogP contribution is -2.32. The average molecular weight is 372 g/mol. The number of hydrogen-bond donors (Lipinski definition) is 1. The number of rotatable bonds is 6. The van der Waals surface area contributed by atoms with Crippen LogP contribution in [0.15, 0.2) is 53.6 Å². The maximum Gasteiger partial charge on any atom is 0.260 e. The molecule has 1 N–H and O–H groups in total. The Balaban J connectivity index is 1.55. The molecular formula is C20H22ClN3O2. The molecule has 1 saturated heterocycles. The van der Waals surface area contributed by atoms with Crippen LogP contribution in [0.2, 0.25) is 5.02 Å². The number of likely N-dealkylation sites (tertiary alicyclic amines) is 1. The second kappa shape index (κ2) is 8.72. The Bertz CT molecular complexity index is 784. The van der Waals surface area contributed by atoms with Gasteiger partial charge in [0, 0.05) is 13.1 Å².